The quantitative estimate of drug-likeness (QED) is 0.257. The van der Waals surface area contributed by atoms with Gasteiger partial charge in [-0.2, -0.15) is 13.7 Å². The molecule has 160 valence electrons. The number of aryl methyl sites for hydroxylation is 1. The van der Waals surface area contributed by atoms with Crippen LogP contribution in [-0.4, -0.2) is 18.0 Å². The standard InChI is InChI=1S/C24H18N2O3S3/c1-16-9-11-17(12-10-16)19-14-21(22-8-5-13-30-22)26-23(20(19)15-25)31-24(32(27,28)29)18-6-3-2-4-7-18/h2-14,24H,1H3,(H,27,28,29). The van der Waals surface area contributed by atoms with Gasteiger partial charge in [-0.1, -0.05) is 78.0 Å². The second kappa shape index (κ2) is 9.27. The zero-order valence-corrected chi connectivity index (χ0v) is 19.4. The fraction of sp³-hybridized carbons (Fsp3) is 0.0833. The summed E-state index contributed by atoms with van der Waals surface area (Å²) in [7, 11) is -4.47. The Morgan fingerprint density at radius 3 is 2.38 bits per heavy atom. The van der Waals surface area contributed by atoms with Crippen LogP contribution in [0.3, 0.4) is 0 Å². The Morgan fingerprint density at radius 2 is 1.78 bits per heavy atom. The number of hydrogen-bond donors (Lipinski definition) is 1. The van der Waals surface area contributed by atoms with Crippen molar-refractivity contribution in [2.75, 3.05) is 0 Å². The summed E-state index contributed by atoms with van der Waals surface area (Å²) >= 11 is 2.36. The SMILES string of the molecule is Cc1ccc(-c2cc(-c3cccs3)nc(SC(c3ccccc3)S(=O)(=O)O)c2C#N)cc1. The van der Waals surface area contributed by atoms with Gasteiger partial charge in [0, 0.05) is 5.56 Å². The first-order valence-corrected chi connectivity index (χ1v) is 12.9. The van der Waals surface area contributed by atoms with E-state index in [0.29, 0.717) is 16.8 Å². The number of nitriles is 1. The van der Waals surface area contributed by atoms with Gasteiger partial charge in [-0.05, 0) is 35.6 Å². The molecule has 0 fully saturated rings. The highest BCUT2D eigenvalue weighted by molar-refractivity contribution is 8.11. The van der Waals surface area contributed by atoms with Crippen molar-refractivity contribution in [3.05, 3.63) is 94.9 Å². The number of pyridine rings is 1. The molecule has 2 aromatic heterocycles. The second-order valence-corrected chi connectivity index (χ2v) is 10.9. The van der Waals surface area contributed by atoms with E-state index >= 15 is 0 Å². The van der Waals surface area contributed by atoms with Crippen molar-refractivity contribution in [2.45, 2.75) is 16.5 Å². The van der Waals surface area contributed by atoms with E-state index in [0.717, 1.165) is 27.8 Å². The third-order valence-corrected chi connectivity index (χ3v) is 8.52. The molecule has 5 nitrogen and oxygen atoms in total. The number of hydrogen-bond acceptors (Lipinski definition) is 6. The van der Waals surface area contributed by atoms with E-state index in [9.17, 15) is 18.2 Å². The maximum atomic E-state index is 12.3. The summed E-state index contributed by atoms with van der Waals surface area (Å²) in [5.74, 6) is 0. The molecule has 0 saturated carbocycles. The van der Waals surface area contributed by atoms with Crippen molar-refractivity contribution in [1.29, 1.82) is 5.26 Å². The van der Waals surface area contributed by atoms with Gasteiger partial charge in [-0.3, -0.25) is 4.55 Å². The molecule has 1 unspecified atom stereocenters. The molecule has 32 heavy (non-hydrogen) atoms. The second-order valence-electron chi connectivity index (χ2n) is 7.07. The van der Waals surface area contributed by atoms with Crippen LogP contribution in [0, 0.1) is 18.3 Å². The molecule has 0 saturated heterocycles. The smallest absolute Gasteiger partial charge is 0.281 e. The maximum Gasteiger partial charge on any atom is 0.281 e. The van der Waals surface area contributed by atoms with E-state index in [-0.39, 0.29) is 10.6 Å². The van der Waals surface area contributed by atoms with E-state index in [4.69, 9.17) is 0 Å². The fourth-order valence-corrected chi connectivity index (χ4v) is 6.11. The van der Waals surface area contributed by atoms with Gasteiger partial charge in [0.2, 0.25) is 0 Å². The summed E-state index contributed by atoms with van der Waals surface area (Å²) in [5, 5.41) is 12.2. The Labute approximate surface area is 195 Å². The summed E-state index contributed by atoms with van der Waals surface area (Å²) in [6, 6.07) is 24.1. The molecule has 0 amide bonds. The lowest BCUT2D eigenvalue weighted by Gasteiger charge is -2.17. The van der Waals surface area contributed by atoms with Crippen molar-refractivity contribution >= 4 is 33.2 Å². The average molecular weight is 479 g/mol. The number of thioether (sulfide) groups is 1. The summed E-state index contributed by atoms with van der Waals surface area (Å²) in [6.45, 7) is 1.98. The van der Waals surface area contributed by atoms with Crippen molar-refractivity contribution < 1.29 is 13.0 Å². The molecule has 1 N–H and O–H groups in total. The first-order valence-electron chi connectivity index (χ1n) is 9.61. The summed E-state index contributed by atoms with van der Waals surface area (Å²) in [5.41, 5.74) is 3.89. The molecule has 0 bridgehead atoms. The highest BCUT2D eigenvalue weighted by Gasteiger charge is 2.29. The van der Waals surface area contributed by atoms with E-state index in [1.165, 1.54) is 11.3 Å². The van der Waals surface area contributed by atoms with Gasteiger partial charge in [-0.25, -0.2) is 4.98 Å². The Kier molecular flexibility index (Phi) is 6.44. The molecule has 0 spiro atoms. The monoisotopic (exact) mass is 478 g/mol. The minimum atomic E-state index is -4.47. The predicted molar refractivity (Wildman–Crippen MR) is 129 cm³/mol. The van der Waals surface area contributed by atoms with Crippen molar-refractivity contribution in [3.8, 4) is 27.8 Å². The molecule has 2 aromatic carbocycles. The number of nitrogens with zero attached hydrogens (tertiary/aromatic N) is 2. The van der Waals surface area contributed by atoms with Gasteiger partial charge in [0.05, 0.1) is 16.1 Å². The summed E-state index contributed by atoms with van der Waals surface area (Å²) in [6.07, 6.45) is 0. The number of rotatable bonds is 6. The van der Waals surface area contributed by atoms with Crippen molar-refractivity contribution in [3.63, 3.8) is 0 Å². The molecular formula is C24H18N2O3S3. The molecule has 8 heteroatoms. The normalized spacial score (nSPS) is 12.3. The van der Waals surface area contributed by atoms with Crippen LogP contribution in [0.1, 0.15) is 21.3 Å². The van der Waals surface area contributed by atoms with Gasteiger partial charge < -0.3 is 0 Å². The highest BCUT2D eigenvalue weighted by atomic mass is 32.3. The van der Waals surface area contributed by atoms with Gasteiger partial charge in [-0.15, -0.1) is 11.3 Å². The van der Waals surface area contributed by atoms with Gasteiger partial charge in [0.1, 0.15) is 11.1 Å². The number of benzene rings is 2. The third-order valence-electron chi connectivity index (χ3n) is 4.80. The van der Waals surface area contributed by atoms with Crippen LogP contribution in [0.15, 0.2) is 83.2 Å². The molecule has 4 rings (SSSR count). The third kappa shape index (κ3) is 4.76. The van der Waals surface area contributed by atoms with Crippen LogP contribution in [0.4, 0.5) is 0 Å². The van der Waals surface area contributed by atoms with Crippen LogP contribution in [0.5, 0.6) is 0 Å². The molecular weight excluding hydrogens is 460 g/mol. The minimum Gasteiger partial charge on any atom is -0.284 e. The molecule has 0 aliphatic carbocycles. The first-order chi connectivity index (χ1) is 15.4. The number of aromatic nitrogens is 1. The molecule has 1 atom stereocenters. The number of thiophene rings is 1. The van der Waals surface area contributed by atoms with Crippen molar-refractivity contribution in [1.82, 2.24) is 4.98 Å². The molecule has 0 aliphatic rings. The average Bonchev–Trinajstić information content (AvgIpc) is 3.32. The summed E-state index contributed by atoms with van der Waals surface area (Å²) < 4.78 is 33.2. The zero-order valence-electron chi connectivity index (χ0n) is 17.0. The Hall–Kier alpha value is -2.96. The molecule has 0 radical (unpaired) electrons. The molecule has 4 aromatic rings. The molecule has 2 heterocycles. The van der Waals surface area contributed by atoms with Crippen molar-refractivity contribution in [2.24, 2.45) is 0 Å². The minimum absolute atomic E-state index is 0.250. The maximum absolute atomic E-state index is 12.3. The van der Waals surface area contributed by atoms with Gasteiger partial charge in [0.15, 0.2) is 4.58 Å². The Balaban J connectivity index is 1.92. The van der Waals surface area contributed by atoms with E-state index in [1.54, 1.807) is 30.3 Å². The lowest BCUT2D eigenvalue weighted by molar-refractivity contribution is 0.481. The van der Waals surface area contributed by atoms with Crippen LogP contribution in [-0.2, 0) is 10.1 Å². The molecule has 0 aliphatic heterocycles. The highest BCUT2D eigenvalue weighted by Crippen LogP contribution is 2.43. The van der Waals surface area contributed by atoms with E-state index in [2.05, 4.69) is 11.1 Å². The van der Waals surface area contributed by atoms with E-state index < -0.39 is 14.7 Å². The summed E-state index contributed by atoms with van der Waals surface area (Å²) in [4.78, 5) is 5.54. The van der Waals surface area contributed by atoms with E-state index in [1.807, 2.05) is 54.8 Å². The van der Waals surface area contributed by atoms with Crippen LogP contribution in [0.25, 0.3) is 21.7 Å². The zero-order chi connectivity index (χ0) is 22.7. The first kappa shape index (κ1) is 22.2. The lowest BCUT2D eigenvalue weighted by atomic mass is 10.00. The lowest BCUT2D eigenvalue weighted by Crippen LogP contribution is -2.10. The predicted octanol–water partition coefficient (Wildman–Crippen LogP) is 6.34. The van der Waals surface area contributed by atoms with Crippen LogP contribution < -0.4 is 0 Å². The Morgan fingerprint density at radius 1 is 1.06 bits per heavy atom. The largest absolute Gasteiger partial charge is 0.284 e. The Bertz CT molecular complexity index is 1380. The van der Waals surface area contributed by atoms with Crippen LogP contribution in [0.2, 0.25) is 0 Å². The topological polar surface area (TPSA) is 91.1 Å². The van der Waals surface area contributed by atoms with Gasteiger partial charge >= 0.3 is 0 Å². The fourth-order valence-electron chi connectivity index (χ4n) is 3.24. The van der Waals surface area contributed by atoms with Gasteiger partial charge in [0.25, 0.3) is 10.1 Å². The van der Waals surface area contributed by atoms with Crippen LogP contribution >= 0.6 is 23.1 Å².